The molecule has 0 aliphatic rings. The van der Waals surface area contributed by atoms with Crippen molar-refractivity contribution in [2.24, 2.45) is 0 Å². The Labute approximate surface area is 86.0 Å². The maximum absolute atomic E-state index is 11.3. The molecule has 14 heavy (non-hydrogen) atoms. The van der Waals surface area contributed by atoms with E-state index in [1.165, 1.54) is 0 Å². The monoisotopic (exact) mass is 194 g/mol. The standard InChI is InChI=1S/C12H18O2/c1-5-7-8-14-12(13)11(4)9-10(3)6-2/h6,9H,2,4-5,7-8H2,1,3H3. The van der Waals surface area contributed by atoms with Crippen LogP contribution >= 0.6 is 0 Å². The van der Waals surface area contributed by atoms with Crippen molar-refractivity contribution in [3.8, 4) is 0 Å². The fourth-order valence-electron chi connectivity index (χ4n) is 0.795. The molecule has 0 N–H and O–H groups in total. The summed E-state index contributed by atoms with van der Waals surface area (Å²) in [5, 5.41) is 0. The molecule has 0 aromatic carbocycles. The van der Waals surface area contributed by atoms with Crippen LogP contribution in [0.4, 0.5) is 0 Å². The predicted molar refractivity (Wildman–Crippen MR) is 59.0 cm³/mol. The van der Waals surface area contributed by atoms with Gasteiger partial charge in [0, 0.05) is 0 Å². The van der Waals surface area contributed by atoms with Crippen LogP contribution in [-0.2, 0) is 9.53 Å². The minimum Gasteiger partial charge on any atom is -0.462 e. The Kier molecular flexibility index (Phi) is 6.46. The molecule has 0 amide bonds. The zero-order chi connectivity index (χ0) is 11.0. The zero-order valence-corrected chi connectivity index (χ0v) is 9.01. The highest BCUT2D eigenvalue weighted by Crippen LogP contribution is 2.03. The van der Waals surface area contributed by atoms with Gasteiger partial charge < -0.3 is 4.74 Å². The number of unbranched alkanes of at least 4 members (excludes halogenated alkanes) is 1. The van der Waals surface area contributed by atoms with Gasteiger partial charge in [-0.05, 0) is 19.4 Å². The second kappa shape index (κ2) is 7.13. The first kappa shape index (κ1) is 12.7. The molecule has 0 aromatic rings. The van der Waals surface area contributed by atoms with Crippen LogP contribution in [0.25, 0.3) is 0 Å². The summed E-state index contributed by atoms with van der Waals surface area (Å²) in [7, 11) is 0. The number of allylic oxidation sites excluding steroid dienone is 2. The lowest BCUT2D eigenvalue weighted by Crippen LogP contribution is -2.06. The number of hydrogen-bond acceptors (Lipinski definition) is 2. The Hall–Kier alpha value is -1.31. The molecular weight excluding hydrogens is 176 g/mol. The molecular formula is C12H18O2. The van der Waals surface area contributed by atoms with Crippen LogP contribution < -0.4 is 0 Å². The number of carbonyl (C=O) groups is 1. The van der Waals surface area contributed by atoms with Gasteiger partial charge in [-0.25, -0.2) is 4.79 Å². The first-order valence-corrected chi connectivity index (χ1v) is 4.78. The number of esters is 1. The lowest BCUT2D eigenvalue weighted by Gasteiger charge is -2.03. The third kappa shape index (κ3) is 5.36. The van der Waals surface area contributed by atoms with Gasteiger partial charge in [-0.1, -0.05) is 38.2 Å². The van der Waals surface area contributed by atoms with Crippen molar-refractivity contribution in [1.29, 1.82) is 0 Å². The van der Waals surface area contributed by atoms with Crippen LogP contribution in [0, 0.1) is 0 Å². The van der Waals surface area contributed by atoms with Crippen LogP contribution in [0.2, 0.25) is 0 Å². The van der Waals surface area contributed by atoms with Crippen molar-refractivity contribution < 1.29 is 9.53 Å². The molecule has 2 heteroatoms. The topological polar surface area (TPSA) is 26.3 Å². The van der Waals surface area contributed by atoms with E-state index in [2.05, 4.69) is 13.2 Å². The van der Waals surface area contributed by atoms with Gasteiger partial charge in [0.1, 0.15) is 0 Å². The zero-order valence-electron chi connectivity index (χ0n) is 9.01. The normalized spacial score (nSPS) is 10.9. The molecule has 78 valence electrons. The molecule has 0 aromatic heterocycles. The van der Waals surface area contributed by atoms with Crippen molar-refractivity contribution in [3.05, 3.63) is 36.5 Å². The average Bonchev–Trinajstić information content (AvgIpc) is 2.17. The van der Waals surface area contributed by atoms with Gasteiger partial charge in [-0.2, -0.15) is 0 Å². The summed E-state index contributed by atoms with van der Waals surface area (Å²) in [5.41, 5.74) is 1.28. The Balaban J connectivity index is 4.00. The SMILES string of the molecule is C=CC(C)=CC(=C)C(=O)OCCCC. The maximum Gasteiger partial charge on any atom is 0.337 e. The van der Waals surface area contributed by atoms with Crippen molar-refractivity contribution in [1.82, 2.24) is 0 Å². The summed E-state index contributed by atoms with van der Waals surface area (Å²) in [6, 6.07) is 0. The lowest BCUT2D eigenvalue weighted by atomic mass is 10.2. The molecule has 0 aliphatic carbocycles. The van der Waals surface area contributed by atoms with Crippen molar-refractivity contribution >= 4 is 5.97 Å². The summed E-state index contributed by atoms with van der Waals surface area (Å²) in [4.78, 5) is 11.3. The van der Waals surface area contributed by atoms with Crippen LogP contribution in [0.3, 0.4) is 0 Å². The summed E-state index contributed by atoms with van der Waals surface area (Å²) in [6.07, 6.45) is 5.25. The third-order valence-corrected chi connectivity index (χ3v) is 1.72. The summed E-state index contributed by atoms with van der Waals surface area (Å²) < 4.78 is 4.97. The van der Waals surface area contributed by atoms with E-state index in [-0.39, 0.29) is 5.97 Å². The van der Waals surface area contributed by atoms with Gasteiger partial charge in [-0.3, -0.25) is 0 Å². The number of hydrogen-bond donors (Lipinski definition) is 0. The second-order valence-corrected chi connectivity index (χ2v) is 3.11. The van der Waals surface area contributed by atoms with E-state index in [1.54, 1.807) is 12.2 Å². The van der Waals surface area contributed by atoms with Crippen LogP contribution in [0.1, 0.15) is 26.7 Å². The molecule has 0 fully saturated rings. The Bertz CT molecular complexity index is 249. The van der Waals surface area contributed by atoms with Crippen LogP contribution in [0.5, 0.6) is 0 Å². The minimum absolute atomic E-state index is 0.348. The van der Waals surface area contributed by atoms with E-state index in [9.17, 15) is 4.79 Å². The average molecular weight is 194 g/mol. The van der Waals surface area contributed by atoms with Crippen LogP contribution in [0.15, 0.2) is 36.5 Å². The molecule has 0 spiro atoms. The van der Waals surface area contributed by atoms with Gasteiger partial charge >= 0.3 is 5.97 Å². The number of rotatable bonds is 6. The number of ether oxygens (including phenoxy) is 1. The highest BCUT2D eigenvalue weighted by molar-refractivity contribution is 5.91. The molecule has 0 heterocycles. The van der Waals surface area contributed by atoms with E-state index in [4.69, 9.17) is 4.74 Å². The molecule has 0 rings (SSSR count). The van der Waals surface area contributed by atoms with E-state index in [0.717, 1.165) is 18.4 Å². The quantitative estimate of drug-likeness (QED) is 0.281. The first-order valence-electron chi connectivity index (χ1n) is 4.78. The highest BCUT2D eigenvalue weighted by Gasteiger charge is 2.04. The molecule has 0 bridgehead atoms. The van der Waals surface area contributed by atoms with E-state index < -0.39 is 0 Å². The predicted octanol–water partition coefficient (Wildman–Crippen LogP) is 3.02. The Morgan fingerprint density at radius 3 is 2.64 bits per heavy atom. The minimum atomic E-state index is -0.348. The highest BCUT2D eigenvalue weighted by atomic mass is 16.5. The molecule has 0 radical (unpaired) electrons. The molecule has 0 saturated carbocycles. The summed E-state index contributed by atoms with van der Waals surface area (Å²) in [6.45, 7) is 11.6. The Morgan fingerprint density at radius 2 is 2.14 bits per heavy atom. The fraction of sp³-hybridized carbons (Fsp3) is 0.417. The number of carbonyl (C=O) groups excluding carboxylic acids is 1. The largest absolute Gasteiger partial charge is 0.462 e. The molecule has 0 saturated heterocycles. The third-order valence-electron chi connectivity index (χ3n) is 1.72. The van der Waals surface area contributed by atoms with Gasteiger partial charge in [0.05, 0.1) is 12.2 Å². The van der Waals surface area contributed by atoms with E-state index in [1.807, 2.05) is 13.8 Å². The molecule has 0 aliphatic heterocycles. The fourth-order valence-corrected chi connectivity index (χ4v) is 0.795. The van der Waals surface area contributed by atoms with Gasteiger partial charge in [0.25, 0.3) is 0 Å². The molecule has 0 atom stereocenters. The van der Waals surface area contributed by atoms with Crippen molar-refractivity contribution in [2.45, 2.75) is 26.7 Å². The molecule has 0 unspecified atom stereocenters. The first-order chi connectivity index (χ1) is 6.61. The lowest BCUT2D eigenvalue weighted by molar-refractivity contribution is -0.138. The summed E-state index contributed by atoms with van der Waals surface area (Å²) >= 11 is 0. The Morgan fingerprint density at radius 1 is 1.50 bits per heavy atom. The second-order valence-electron chi connectivity index (χ2n) is 3.11. The smallest absolute Gasteiger partial charge is 0.337 e. The van der Waals surface area contributed by atoms with Gasteiger partial charge in [0.2, 0.25) is 0 Å². The molecule has 2 nitrogen and oxygen atoms in total. The van der Waals surface area contributed by atoms with Crippen LogP contribution in [-0.4, -0.2) is 12.6 Å². The van der Waals surface area contributed by atoms with Gasteiger partial charge in [-0.15, -0.1) is 0 Å². The van der Waals surface area contributed by atoms with Crippen molar-refractivity contribution in [3.63, 3.8) is 0 Å². The summed E-state index contributed by atoms with van der Waals surface area (Å²) in [5.74, 6) is -0.348. The van der Waals surface area contributed by atoms with Crippen molar-refractivity contribution in [2.75, 3.05) is 6.61 Å². The van der Waals surface area contributed by atoms with Gasteiger partial charge in [0.15, 0.2) is 0 Å². The maximum atomic E-state index is 11.3. The van der Waals surface area contributed by atoms with E-state index >= 15 is 0 Å². The van der Waals surface area contributed by atoms with E-state index in [0.29, 0.717) is 12.2 Å².